The van der Waals surface area contributed by atoms with Crippen molar-refractivity contribution < 1.29 is 9.18 Å². The minimum atomic E-state index is -1.05. The number of benzene rings is 1. The summed E-state index contributed by atoms with van der Waals surface area (Å²) < 4.78 is 14.8. The summed E-state index contributed by atoms with van der Waals surface area (Å²) in [5.74, 6) is 0.682. The number of carbonyl (C=O) groups excluding carboxylic acids is 1. The van der Waals surface area contributed by atoms with Gasteiger partial charge in [0.2, 0.25) is 0 Å². The molecule has 6 nitrogen and oxygen atoms in total. The van der Waals surface area contributed by atoms with Crippen LogP contribution in [0, 0.1) is 5.92 Å². The van der Waals surface area contributed by atoms with Gasteiger partial charge in [-0.15, -0.1) is 0 Å². The topological polar surface area (TPSA) is 74.3 Å². The van der Waals surface area contributed by atoms with Gasteiger partial charge in [0.25, 0.3) is 5.91 Å². The maximum Gasteiger partial charge on any atom is 0.254 e. The van der Waals surface area contributed by atoms with E-state index in [0.29, 0.717) is 43.0 Å². The van der Waals surface area contributed by atoms with E-state index < -0.39 is 5.67 Å². The smallest absolute Gasteiger partial charge is 0.254 e. The first-order chi connectivity index (χ1) is 19.3. The molecular formula is C33H50FN5O. The summed E-state index contributed by atoms with van der Waals surface area (Å²) in [6, 6.07) is 7.70. The number of likely N-dealkylation sites (tertiary alicyclic amines) is 2. The van der Waals surface area contributed by atoms with Crippen molar-refractivity contribution in [1.82, 2.24) is 9.80 Å². The predicted molar refractivity (Wildman–Crippen MR) is 166 cm³/mol. The van der Waals surface area contributed by atoms with Gasteiger partial charge in [0, 0.05) is 56.4 Å². The molecule has 2 N–H and O–H groups in total. The zero-order chi connectivity index (χ0) is 29.0. The molecule has 0 saturated carbocycles. The summed E-state index contributed by atoms with van der Waals surface area (Å²) in [5, 5.41) is 0. The van der Waals surface area contributed by atoms with Crippen LogP contribution in [-0.4, -0.2) is 73.1 Å². The van der Waals surface area contributed by atoms with Crippen molar-refractivity contribution in [3.8, 4) is 0 Å². The summed E-state index contributed by atoms with van der Waals surface area (Å²) in [5.41, 5.74) is 8.39. The monoisotopic (exact) mass is 551 g/mol. The molecule has 7 heteroatoms. The van der Waals surface area contributed by atoms with Crippen LogP contribution in [0.4, 0.5) is 4.39 Å². The Bertz CT molecular complexity index is 1040. The Labute approximate surface area is 241 Å². The highest BCUT2D eigenvalue weighted by molar-refractivity contribution is 5.94. The fraction of sp³-hybridized carbons (Fsp3) is 0.606. The van der Waals surface area contributed by atoms with Crippen molar-refractivity contribution in [2.75, 3.05) is 33.2 Å². The van der Waals surface area contributed by atoms with Gasteiger partial charge >= 0.3 is 0 Å². The third-order valence-electron chi connectivity index (χ3n) is 8.68. The van der Waals surface area contributed by atoms with E-state index >= 15 is 0 Å². The van der Waals surface area contributed by atoms with Gasteiger partial charge < -0.3 is 15.5 Å². The molecule has 1 atom stereocenters. The van der Waals surface area contributed by atoms with Crippen LogP contribution in [-0.2, 0) is 6.42 Å². The third-order valence-corrected chi connectivity index (χ3v) is 8.68. The van der Waals surface area contributed by atoms with Gasteiger partial charge in [-0.05, 0) is 100 Å². The van der Waals surface area contributed by atoms with E-state index in [-0.39, 0.29) is 11.9 Å². The van der Waals surface area contributed by atoms with E-state index in [1.54, 1.807) is 7.05 Å². The highest BCUT2D eigenvalue weighted by Crippen LogP contribution is 2.28. The van der Waals surface area contributed by atoms with Crippen LogP contribution >= 0.6 is 0 Å². The van der Waals surface area contributed by atoms with Crippen LogP contribution in [0.5, 0.6) is 0 Å². The van der Waals surface area contributed by atoms with E-state index in [2.05, 4.69) is 21.5 Å². The lowest BCUT2D eigenvalue weighted by atomic mass is 9.89. The van der Waals surface area contributed by atoms with E-state index in [0.717, 1.165) is 75.7 Å². The van der Waals surface area contributed by atoms with Crippen molar-refractivity contribution in [3.05, 3.63) is 59.4 Å². The lowest BCUT2D eigenvalue weighted by molar-refractivity contribution is 0.0628. The average molecular weight is 552 g/mol. The summed E-state index contributed by atoms with van der Waals surface area (Å²) in [6.07, 6.45) is 14.8. The number of hydrogen-bond donors (Lipinski definition) is 1. The number of aliphatic imine (C=N–C) groups is 2. The number of hydrogen-bond acceptors (Lipinski definition) is 5. The van der Waals surface area contributed by atoms with Crippen molar-refractivity contribution >= 4 is 18.3 Å². The largest absolute Gasteiger partial charge is 0.401 e. The summed E-state index contributed by atoms with van der Waals surface area (Å²) >= 11 is 0. The standard InChI is InChI=1S/C33H50FN5O/c1-5-33(34,6-2)25-38-21-17-28(18-22-38)10-11-29(23-36-4)24-37-19-16-27-12-14-30(15-13-27)32(40)39-20-8-7-9-31(39)26(3)35/h12-15,19,23-24,28,31H,3,5-11,16-18,20-22,25,35H2,1-2,4H3/b29-24-,36-23-,37-19+. The van der Waals surface area contributed by atoms with Gasteiger partial charge in [0.1, 0.15) is 5.67 Å². The summed E-state index contributed by atoms with van der Waals surface area (Å²) in [4.78, 5) is 26.0. The highest BCUT2D eigenvalue weighted by atomic mass is 19.1. The van der Waals surface area contributed by atoms with Crippen molar-refractivity contribution in [2.45, 2.75) is 89.8 Å². The fourth-order valence-electron chi connectivity index (χ4n) is 5.82. The number of piperidine rings is 2. The second kappa shape index (κ2) is 15.8. The van der Waals surface area contributed by atoms with Crippen LogP contribution in [0.1, 0.15) is 87.6 Å². The molecule has 0 bridgehead atoms. The molecule has 2 saturated heterocycles. The molecule has 2 aliphatic rings. The van der Waals surface area contributed by atoms with Crippen LogP contribution < -0.4 is 5.73 Å². The first-order valence-electron chi connectivity index (χ1n) is 15.2. The molecular weight excluding hydrogens is 501 g/mol. The molecule has 220 valence electrons. The maximum absolute atomic E-state index is 14.8. The molecule has 1 amide bonds. The van der Waals surface area contributed by atoms with E-state index in [9.17, 15) is 9.18 Å². The minimum absolute atomic E-state index is 0.0195. The molecule has 1 unspecified atom stereocenters. The van der Waals surface area contributed by atoms with Gasteiger partial charge in [-0.1, -0.05) is 32.6 Å². The Hall–Kier alpha value is -2.80. The summed E-state index contributed by atoms with van der Waals surface area (Å²) in [6.45, 7) is 11.0. The number of carbonyl (C=O) groups is 1. The van der Waals surface area contributed by atoms with Gasteiger partial charge in [0.15, 0.2) is 0 Å². The van der Waals surface area contributed by atoms with Gasteiger partial charge in [0.05, 0.1) is 6.04 Å². The third kappa shape index (κ3) is 9.39. The molecule has 2 heterocycles. The van der Waals surface area contributed by atoms with Gasteiger partial charge in [-0.2, -0.15) is 0 Å². The zero-order valence-corrected chi connectivity index (χ0v) is 25.0. The number of rotatable bonds is 13. The van der Waals surface area contributed by atoms with Crippen LogP contribution in [0.2, 0.25) is 0 Å². The van der Waals surface area contributed by atoms with Crippen molar-refractivity contribution in [2.24, 2.45) is 21.6 Å². The molecule has 1 aromatic carbocycles. The Morgan fingerprint density at radius 3 is 2.45 bits per heavy atom. The Kier molecular flexibility index (Phi) is 12.6. The number of nitrogens with zero attached hydrogens (tertiary/aromatic N) is 4. The highest BCUT2D eigenvalue weighted by Gasteiger charge is 2.30. The van der Waals surface area contributed by atoms with Crippen molar-refractivity contribution in [1.29, 1.82) is 0 Å². The van der Waals surface area contributed by atoms with Crippen LogP contribution in [0.25, 0.3) is 0 Å². The fourth-order valence-corrected chi connectivity index (χ4v) is 5.82. The van der Waals surface area contributed by atoms with Gasteiger partial charge in [-0.25, -0.2) is 4.39 Å². The second-order valence-electron chi connectivity index (χ2n) is 11.5. The second-order valence-corrected chi connectivity index (χ2v) is 11.5. The molecule has 0 spiro atoms. The number of amides is 1. The first-order valence-corrected chi connectivity index (χ1v) is 15.2. The average Bonchev–Trinajstić information content (AvgIpc) is 2.98. The molecule has 2 fully saturated rings. The first kappa shape index (κ1) is 31.7. The van der Waals surface area contributed by atoms with E-state index in [1.807, 2.05) is 61.6 Å². The van der Waals surface area contributed by atoms with Gasteiger partial charge in [-0.3, -0.25) is 14.8 Å². The number of nitrogens with two attached hydrogens (primary N) is 1. The molecule has 0 radical (unpaired) electrons. The Morgan fingerprint density at radius 2 is 1.82 bits per heavy atom. The lowest BCUT2D eigenvalue weighted by Crippen LogP contribution is -2.46. The molecule has 2 aliphatic heterocycles. The lowest BCUT2D eigenvalue weighted by Gasteiger charge is -2.36. The van der Waals surface area contributed by atoms with Crippen LogP contribution in [0.15, 0.2) is 58.3 Å². The zero-order valence-electron chi connectivity index (χ0n) is 25.0. The summed E-state index contributed by atoms with van der Waals surface area (Å²) in [7, 11) is 1.79. The molecule has 40 heavy (non-hydrogen) atoms. The normalized spacial score (nSPS) is 20.1. The Balaban J connectivity index is 1.46. The maximum atomic E-state index is 14.8. The predicted octanol–water partition coefficient (Wildman–Crippen LogP) is 6.37. The number of alkyl halides is 1. The molecule has 0 aliphatic carbocycles. The molecule has 0 aromatic heterocycles. The molecule has 1 aromatic rings. The number of halogens is 1. The van der Waals surface area contributed by atoms with E-state index in [4.69, 9.17) is 5.73 Å². The number of allylic oxidation sites excluding steroid dienone is 1. The van der Waals surface area contributed by atoms with E-state index in [1.165, 1.54) is 0 Å². The van der Waals surface area contributed by atoms with Crippen LogP contribution in [0.3, 0.4) is 0 Å². The minimum Gasteiger partial charge on any atom is -0.401 e. The quantitative estimate of drug-likeness (QED) is 0.290. The SMILES string of the molecule is C=C(N)C1CCCCN1C(=O)c1ccc(C/C=N/C=C(\C=N/C)CCC2CCN(CC(F)(CC)CC)CC2)cc1. The van der Waals surface area contributed by atoms with Crippen molar-refractivity contribution in [3.63, 3.8) is 0 Å². The molecule has 3 rings (SSSR count). The Morgan fingerprint density at radius 1 is 1.12 bits per heavy atom.